The fraction of sp³-hybridized carbons (Fsp3) is 0.444. The molecule has 0 aliphatic heterocycles. The van der Waals surface area contributed by atoms with Crippen LogP contribution in [0.15, 0.2) is 48.2 Å². The maximum Gasteiger partial charge on any atom is 0.321 e. The Morgan fingerprint density at radius 3 is 2.39 bits per heavy atom. The van der Waals surface area contributed by atoms with Crippen molar-refractivity contribution in [3.05, 3.63) is 48.2 Å². The number of aliphatic carboxylic acids is 1. The quantitative estimate of drug-likeness (QED) is 0.733. The number of Topliss-reactive ketones (excluding diaryl/α,β-unsaturated/α-hetero) is 1. The summed E-state index contributed by atoms with van der Waals surface area (Å²) in [6.45, 7) is 5.51. The number of hydrogen-bond donors (Lipinski definition) is 2. The molecule has 0 saturated carbocycles. The summed E-state index contributed by atoms with van der Waals surface area (Å²) in [4.78, 5) is 26.8. The van der Waals surface area contributed by atoms with Gasteiger partial charge in [-0.25, -0.2) is 0 Å². The zero-order valence-electron chi connectivity index (χ0n) is 13.5. The van der Waals surface area contributed by atoms with Crippen LogP contribution in [0, 0.1) is 5.41 Å². The number of rotatable bonds is 6. The maximum atomic E-state index is 13.0. The largest absolute Gasteiger partial charge is 0.480 e. The lowest BCUT2D eigenvalue weighted by Gasteiger charge is -2.37. The Balaban J connectivity index is 2.33. The van der Waals surface area contributed by atoms with Crippen molar-refractivity contribution in [2.75, 3.05) is 13.1 Å². The summed E-state index contributed by atoms with van der Waals surface area (Å²) in [5, 5.41) is 20.5. The Labute approximate surface area is 136 Å². The second-order valence-corrected chi connectivity index (χ2v) is 5.89. The Morgan fingerprint density at radius 2 is 1.87 bits per heavy atom. The number of aliphatic hydroxyl groups is 1. The Morgan fingerprint density at radius 1 is 1.17 bits per heavy atom. The molecule has 2 N–H and O–H groups in total. The highest BCUT2D eigenvalue weighted by Crippen LogP contribution is 2.38. The van der Waals surface area contributed by atoms with Crippen LogP contribution in [0.25, 0.3) is 0 Å². The molecule has 0 radical (unpaired) electrons. The first-order chi connectivity index (χ1) is 10.9. The van der Waals surface area contributed by atoms with E-state index in [9.17, 15) is 19.8 Å². The average Bonchev–Trinajstić information content (AvgIpc) is 2.56. The highest BCUT2D eigenvalue weighted by Gasteiger charge is 2.52. The molecule has 0 heterocycles. The van der Waals surface area contributed by atoms with Crippen LogP contribution in [-0.4, -0.2) is 45.6 Å². The first-order valence-electron chi connectivity index (χ1n) is 7.88. The number of nitrogens with zero attached hydrogens (tertiary/aromatic N) is 1. The standard InChI is InChI=1S/C18H23NO4/c1-3-19(4-2)14-9-8-12-18(23,13-14)15(20)17(16(21)22)10-6-5-7-11-17/h5-10,12,23H,3-4,11,13H2,1-2H3,(H,21,22). The third-order valence-electron chi connectivity index (χ3n) is 4.53. The lowest BCUT2D eigenvalue weighted by molar-refractivity contribution is -0.157. The van der Waals surface area contributed by atoms with Crippen LogP contribution in [0.5, 0.6) is 0 Å². The normalized spacial score (nSPS) is 29.3. The fourth-order valence-corrected chi connectivity index (χ4v) is 3.15. The van der Waals surface area contributed by atoms with Gasteiger partial charge in [0.2, 0.25) is 0 Å². The molecule has 2 rings (SSSR count). The average molecular weight is 317 g/mol. The van der Waals surface area contributed by atoms with Gasteiger partial charge in [0.05, 0.1) is 0 Å². The molecule has 23 heavy (non-hydrogen) atoms. The third-order valence-corrected chi connectivity index (χ3v) is 4.53. The van der Waals surface area contributed by atoms with E-state index in [0.717, 1.165) is 18.8 Å². The summed E-state index contributed by atoms with van der Waals surface area (Å²) in [5.41, 5.74) is -2.68. The zero-order chi connectivity index (χ0) is 17.1. The van der Waals surface area contributed by atoms with E-state index < -0.39 is 22.8 Å². The first kappa shape index (κ1) is 17.2. The Hall–Kier alpha value is -2.14. The number of carboxylic acid groups (broad SMARTS) is 1. The van der Waals surface area contributed by atoms with Gasteiger partial charge in [-0.1, -0.05) is 30.4 Å². The van der Waals surface area contributed by atoms with E-state index in [1.807, 2.05) is 24.8 Å². The maximum absolute atomic E-state index is 13.0. The molecule has 5 heteroatoms. The van der Waals surface area contributed by atoms with E-state index in [2.05, 4.69) is 0 Å². The Bertz CT molecular complexity index is 613. The van der Waals surface area contributed by atoms with Crippen LogP contribution in [0.3, 0.4) is 0 Å². The van der Waals surface area contributed by atoms with Crippen molar-refractivity contribution >= 4 is 11.8 Å². The van der Waals surface area contributed by atoms with Gasteiger partial charge in [-0.15, -0.1) is 0 Å². The van der Waals surface area contributed by atoms with E-state index in [1.165, 1.54) is 12.2 Å². The highest BCUT2D eigenvalue weighted by molar-refractivity contribution is 6.10. The zero-order valence-corrected chi connectivity index (χ0v) is 13.5. The van der Waals surface area contributed by atoms with Gasteiger partial charge in [0.25, 0.3) is 0 Å². The van der Waals surface area contributed by atoms with Gasteiger partial charge >= 0.3 is 5.97 Å². The number of ketones is 1. The van der Waals surface area contributed by atoms with Crippen LogP contribution in [-0.2, 0) is 9.59 Å². The molecule has 0 aromatic heterocycles. The molecule has 2 aliphatic rings. The van der Waals surface area contributed by atoms with Gasteiger partial charge in [0, 0.05) is 25.2 Å². The smallest absolute Gasteiger partial charge is 0.321 e. The van der Waals surface area contributed by atoms with Crippen molar-refractivity contribution in [3.8, 4) is 0 Å². The summed E-state index contributed by atoms with van der Waals surface area (Å²) in [7, 11) is 0. The lowest BCUT2D eigenvalue weighted by Crippen LogP contribution is -2.52. The SMILES string of the molecule is CCN(CC)C1=CC=CC(O)(C(=O)C2(C(=O)O)C=CC=CC2)C1. The van der Waals surface area contributed by atoms with Crippen molar-refractivity contribution in [2.45, 2.75) is 32.3 Å². The third kappa shape index (κ3) is 3.01. The number of carbonyl (C=O) groups excluding carboxylic acids is 1. The molecule has 0 spiro atoms. The van der Waals surface area contributed by atoms with E-state index in [0.29, 0.717) is 0 Å². The molecule has 0 bridgehead atoms. The van der Waals surface area contributed by atoms with Crippen LogP contribution >= 0.6 is 0 Å². The van der Waals surface area contributed by atoms with E-state index in [-0.39, 0.29) is 12.8 Å². The van der Waals surface area contributed by atoms with Crippen molar-refractivity contribution in [3.63, 3.8) is 0 Å². The van der Waals surface area contributed by atoms with Crippen LogP contribution in [0.1, 0.15) is 26.7 Å². The molecule has 0 fully saturated rings. The monoisotopic (exact) mass is 317 g/mol. The second kappa shape index (κ2) is 6.54. The summed E-state index contributed by atoms with van der Waals surface area (Å²) >= 11 is 0. The molecule has 0 saturated heterocycles. The molecule has 2 atom stereocenters. The minimum Gasteiger partial charge on any atom is -0.480 e. The molecule has 124 valence electrons. The van der Waals surface area contributed by atoms with Gasteiger partial charge in [-0.3, -0.25) is 9.59 Å². The molecular formula is C18H23NO4. The predicted molar refractivity (Wildman–Crippen MR) is 87.7 cm³/mol. The van der Waals surface area contributed by atoms with E-state index in [1.54, 1.807) is 24.3 Å². The molecule has 0 aromatic carbocycles. The lowest BCUT2D eigenvalue weighted by atomic mass is 9.69. The van der Waals surface area contributed by atoms with Crippen LogP contribution in [0.2, 0.25) is 0 Å². The van der Waals surface area contributed by atoms with Crippen molar-refractivity contribution in [1.29, 1.82) is 0 Å². The summed E-state index contributed by atoms with van der Waals surface area (Å²) < 4.78 is 0. The molecule has 2 unspecified atom stereocenters. The second-order valence-electron chi connectivity index (χ2n) is 5.89. The van der Waals surface area contributed by atoms with Gasteiger partial charge in [0.15, 0.2) is 11.2 Å². The number of allylic oxidation sites excluding steroid dienone is 5. The number of carbonyl (C=O) groups is 2. The van der Waals surface area contributed by atoms with Gasteiger partial charge < -0.3 is 15.1 Å². The summed E-state index contributed by atoms with van der Waals surface area (Å²) in [6.07, 6.45) is 11.3. The number of carboxylic acids is 1. The van der Waals surface area contributed by atoms with Gasteiger partial charge in [-0.2, -0.15) is 0 Å². The van der Waals surface area contributed by atoms with Crippen LogP contribution < -0.4 is 0 Å². The number of hydrogen-bond acceptors (Lipinski definition) is 4. The highest BCUT2D eigenvalue weighted by atomic mass is 16.4. The molecule has 2 aliphatic carbocycles. The predicted octanol–water partition coefficient (Wildman–Crippen LogP) is 2.06. The molecule has 0 aromatic rings. The topological polar surface area (TPSA) is 77.8 Å². The van der Waals surface area contributed by atoms with E-state index in [4.69, 9.17) is 0 Å². The minimum absolute atomic E-state index is 0.0537. The molecular weight excluding hydrogens is 294 g/mol. The first-order valence-corrected chi connectivity index (χ1v) is 7.88. The van der Waals surface area contributed by atoms with Gasteiger partial charge in [-0.05, 0) is 32.4 Å². The Kier molecular flexibility index (Phi) is 4.90. The van der Waals surface area contributed by atoms with Crippen molar-refractivity contribution in [1.82, 2.24) is 4.90 Å². The van der Waals surface area contributed by atoms with Crippen molar-refractivity contribution < 1.29 is 19.8 Å². The molecule has 5 nitrogen and oxygen atoms in total. The summed E-state index contributed by atoms with van der Waals surface area (Å²) in [5.74, 6) is -1.92. The minimum atomic E-state index is -1.80. The fourth-order valence-electron chi connectivity index (χ4n) is 3.15. The molecule has 0 amide bonds. The van der Waals surface area contributed by atoms with E-state index >= 15 is 0 Å². The van der Waals surface area contributed by atoms with Gasteiger partial charge in [0.1, 0.15) is 5.60 Å². The summed E-state index contributed by atoms with van der Waals surface area (Å²) in [6, 6.07) is 0. The van der Waals surface area contributed by atoms with Crippen molar-refractivity contribution in [2.24, 2.45) is 5.41 Å². The van der Waals surface area contributed by atoms with Crippen LogP contribution in [0.4, 0.5) is 0 Å².